The predicted octanol–water partition coefficient (Wildman–Crippen LogP) is 0.148. The van der Waals surface area contributed by atoms with Gasteiger partial charge in [-0.05, 0) is 13.3 Å². The molecule has 0 aliphatic heterocycles. The lowest BCUT2D eigenvalue weighted by Gasteiger charge is -2.10. The molecule has 0 N–H and O–H groups in total. The van der Waals surface area contributed by atoms with Crippen LogP contribution in [0.1, 0.15) is 20.3 Å². The van der Waals surface area contributed by atoms with Crippen LogP contribution in [0.3, 0.4) is 0 Å². The lowest BCUT2D eigenvalue weighted by molar-refractivity contribution is 0.194. The van der Waals surface area contributed by atoms with Gasteiger partial charge in [0, 0.05) is 21.1 Å². The van der Waals surface area contributed by atoms with Crippen molar-refractivity contribution >= 4 is 11.2 Å². The van der Waals surface area contributed by atoms with Gasteiger partial charge in [0.25, 0.3) is 11.6 Å². The van der Waals surface area contributed by atoms with E-state index in [2.05, 4.69) is 4.98 Å². The Balaban J connectivity index is 2.77. The van der Waals surface area contributed by atoms with Crippen molar-refractivity contribution in [1.82, 2.24) is 18.7 Å². The molecule has 0 unspecified atom stereocenters. The molecule has 0 saturated carbocycles. The highest BCUT2D eigenvalue weighted by molar-refractivity contribution is 5.71. The van der Waals surface area contributed by atoms with Gasteiger partial charge < -0.3 is 4.74 Å². The van der Waals surface area contributed by atoms with Crippen LogP contribution < -0.4 is 16.0 Å². The molecule has 2 aromatic heterocycles. The second kappa shape index (κ2) is 4.56. The first kappa shape index (κ1) is 13.4. The minimum Gasteiger partial charge on any atom is -0.462 e. The van der Waals surface area contributed by atoms with Gasteiger partial charge in [0.15, 0.2) is 11.2 Å². The maximum absolute atomic E-state index is 12.1. The number of aryl methyl sites for hydroxylation is 2. The van der Waals surface area contributed by atoms with E-state index in [0.29, 0.717) is 17.2 Å². The number of nitrogens with zero attached hydrogens (tertiary/aromatic N) is 4. The van der Waals surface area contributed by atoms with Crippen LogP contribution in [-0.4, -0.2) is 24.8 Å². The molecule has 0 aliphatic carbocycles. The molecule has 0 aliphatic rings. The topological polar surface area (TPSA) is 71.1 Å². The van der Waals surface area contributed by atoms with Crippen molar-refractivity contribution < 1.29 is 4.74 Å². The number of ether oxygens (including phenoxy) is 1. The molecule has 2 rings (SSSR count). The van der Waals surface area contributed by atoms with Gasteiger partial charge in [-0.3, -0.25) is 18.5 Å². The van der Waals surface area contributed by atoms with E-state index in [1.165, 1.54) is 11.6 Å². The molecule has 0 amide bonds. The maximum atomic E-state index is 12.1. The molecule has 2 heterocycles. The van der Waals surface area contributed by atoms with E-state index in [-0.39, 0.29) is 11.7 Å². The molecular formula is C12H18N4O3. The van der Waals surface area contributed by atoms with Gasteiger partial charge in [-0.2, -0.15) is 4.98 Å². The van der Waals surface area contributed by atoms with Gasteiger partial charge in [0.1, 0.15) is 0 Å². The van der Waals surface area contributed by atoms with E-state index >= 15 is 0 Å². The highest BCUT2D eigenvalue weighted by atomic mass is 16.5. The molecule has 0 spiro atoms. The Morgan fingerprint density at radius 2 is 1.79 bits per heavy atom. The van der Waals surface area contributed by atoms with E-state index in [4.69, 9.17) is 4.74 Å². The fourth-order valence-corrected chi connectivity index (χ4v) is 1.87. The fourth-order valence-electron chi connectivity index (χ4n) is 1.87. The molecule has 1 atom stereocenters. The van der Waals surface area contributed by atoms with Crippen LogP contribution in [0.5, 0.6) is 6.01 Å². The molecule has 2 aromatic rings. The van der Waals surface area contributed by atoms with Crippen molar-refractivity contribution in [2.75, 3.05) is 0 Å². The van der Waals surface area contributed by atoms with E-state index in [1.54, 1.807) is 18.7 Å². The highest BCUT2D eigenvalue weighted by Crippen LogP contribution is 2.17. The Morgan fingerprint density at radius 3 is 2.37 bits per heavy atom. The van der Waals surface area contributed by atoms with Crippen LogP contribution >= 0.6 is 0 Å². The number of aromatic nitrogens is 4. The molecule has 104 valence electrons. The zero-order valence-corrected chi connectivity index (χ0v) is 11.8. The first-order chi connectivity index (χ1) is 8.88. The van der Waals surface area contributed by atoms with Crippen LogP contribution in [0.2, 0.25) is 0 Å². The fraction of sp³-hybridized carbons (Fsp3) is 0.583. The summed E-state index contributed by atoms with van der Waals surface area (Å²) >= 11 is 0. The maximum Gasteiger partial charge on any atom is 0.332 e. The third-order valence-electron chi connectivity index (χ3n) is 3.32. The van der Waals surface area contributed by atoms with E-state index in [1.807, 2.05) is 13.8 Å². The number of imidazole rings is 1. The average molecular weight is 266 g/mol. The molecule has 0 radical (unpaired) electrons. The number of hydrogen-bond acceptors (Lipinski definition) is 4. The third kappa shape index (κ3) is 1.94. The summed E-state index contributed by atoms with van der Waals surface area (Å²) in [5.41, 5.74) is -0.0606. The minimum atomic E-state index is -0.398. The minimum absolute atomic E-state index is 0.00334. The summed E-state index contributed by atoms with van der Waals surface area (Å²) in [6, 6.07) is 0.350. The zero-order chi connectivity index (χ0) is 14.3. The Morgan fingerprint density at radius 1 is 1.16 bits per heavy atom. The molecule has 7 nitrogen and oxygen atoms in total. The van der Waals surface area contributed by atoms with Crippen molar-refractivity contribution in [3.63, 3.8) is 0 Å². The number of rotatable bonds is 3. The second-order valence-corrected chi connectivity index (χ2v) is 4.67. The van der Waals surface area contributed by atoms with Crippen molar-refractivity contribution in [3.05, 3.63) is 20.8 Å². The van der Waals surface area contributed by atoms with Crippen molar-refractivity contribution in [3.8, 4) is 6.01 Å². The van der Waals surface area contributed by atoms with Gasteiger partial charge in [0.05, 0.1) is 6.10 Å². The smallest absolute Gasteiger partial charge is 0.332 e. The Labute approximate surface area is 110 Å². The van der Waals surface area contributed by atoms with Crippen LogP contribution in [0, 0.1) is 0 Å². The lowest BCUT2D eigenvalue weighted by atomic mass is 10.3. The first-order valence-electron chi connectivity index (χ1n) is 6.17. The lowest BCUT2D eigenvalue weighted by Crippen LogP contribution is -2.37. The SMILES string of the molecule is CC[C@H](C)Oc1nc2c(c(=O)n(C)c(=O)n2C)n1C. The summed E-state index contributed by atoms with van der Waals surface area (Å²) in [5.74, 6) is 0. The Bertz CT molecular complexity index is 738. The van der Waals surface area contributed by atoms with Crippen molar-refractivity contribution in [2.24, 2.45) is 21.1 Å². The largest absolute Gasteiger partial charge is 0.462 e. The number of hydrogen-bond donors (Lipinski definition) is 0. The van der Waals surface area contributed by atoms with E-state index < -0.39 is 5.69 Å². The second-order valence-electron chi connectivity index (χ2n) is 4.67. The van der Waals surface area contributed by atoms with Crippen LogP contribution in [0.25, 0.3) is 11.2 Å². The van der Waals surface area contributed by atoms with Crippen LogP contribution in [0.4, 0.5) is 0 Å². The van der Waals surface area contributed by atoms with Gasteiger partial charge in [-0.1, -0.05) is 6.92 Å². The standard InChI is InChI=1S/C12H18N4O3/c1-6-7(2)19-11-13-9-8(14(11)3)10(17)16(5)12(18)15(9)4/h7H,6H2,1-5H3/t7-/m0/s1. The molecule has 0 bridgehead atoms. The van der Waals surface area contributed by atoms with E-state index in [9.17, 15) is 9.59 Å². The van der Waals surface area contributed by atoms with Crippen molar-refractivity contribution in [1.29, 1.82) is 0 Å². The third-order valence-corrected chi connectivity index (χ3v) is 3.32. The summed E-state index contributed by atoms with van der Waals surface area (Å²) in [5, 5.41) is 0. The monoisotopic (exact) mass is 266 g/mol. The molecule has 0 fully saturated rings. The molecule has 0 aromatic carbocycles. The quantitative estimate of drug-likeness (QED) is 0.792. The summed E-state index contributed by atoms with van der Waals surface area (Å²) < 4.78 is 9.66. The molecule has 0 saturated heterocycles. The first-order valence-corrected chi connectivity index (χ1v) is 6.17. The summed E-state index contributed by atoms with van der Waals surface area (Å²) in [4.78, 5) is 28.2. The summed E-state index contributed by atoms with van der Waals surface area (Å²) in [7, 11) is 4.75. The molecule has 19 heavy (non-hydrogen) atoms. The zero-order valence-electron chi connectivity index (χ0n) is 11.8. The highest BCUT2D eigenvalue weighted by Gasteiger charge is 2.18. The summed E-state index contributed by atoms with van der Waals surface area (Å²) in [6.45, 7) is 3.93. The Kier molecular flexibility index (Phi) is 3.21. The molecule has 7 heteroatoms. The van der Waals surface area contributed by atoms with Gasteiger partial charge in [-0.25, -0.2) is 4.79 Å². The number of fused-ring (bicyclic) bond motifs is 1. The summed E-state index contributed by atoms with van der Waals surface area (Å²) in [6.07, 6.45) is 0.830. The van der Waals surface area contributed by atoms with E-state index in [0.717, 1.165) is 11.0 Å². The van der Waals surface area contributed by atoms with Crippen molar-refractivity contribution in [2.45, 2.75) is 26.4 Å². The normalized spacial score (nSPS) is 12.9. The Hall–Kier alpha value is -2.05. The van der Waals surface area contributed by atoms with Gasteiger partial charge in [0.2, 0.25) is 0 Å². The predicted molar refractivity (Wildman–Crippen MR) is 71.6 cm³/mol. The average Bonchev–Trinajstić information content (AvgIpc) is 2.71. The van der Waals surface area contributed by atoms with Gasteiger partial charge in [-0.15, -0.1) is 0 Å². The van der Waals surface area contributed by atoms with Crippen LogP contribution in [0.15, 0.2) is 9.59 Å². The molecular weight excluding hydrogens is 248 g/mol. The van der Waals surface area contributed by atoms with Crippen LogP contribution in [-0.2, 0) is 21.1 Å². The van der Waals surface area contributed by atoms with Gasteiger partial charge >= 0.3 is 5.69 Å².